The smallest absolute Gasteiger partial charge is 0.418 e. The fraction of sp³-hybridized carbons (Fsp3) is 0.481. The van der Waals surface area contributed by atoms with Gasteiger partial charge in [0.15, 0.2) is 0 Å². The molecule has 1 fully saturated rings. The number of nitrogens with two attached hydrogens (primary N) is 1. The summed E-state index contributed by atoms with van der Waals surface area (Å²) in [6.07, 6.45) is -3.67. The van der Waals surface area contributed by atoms with Crippen molar-refractivity contribution in [1.82, 2.24) is 19.7 Å². The summed E-state index contributed by atoms with van der Waals surface area (Å²) < 4.78 is 68.9. The van der Waals surface area contributed by atoms with Gasteiger partial charge < -0.3 is 30.3 Å². The second kappa shape index (κ2) is 11.2. The van der Waals surface area contributed by atoms with E-state index < -0.39 is 23.6 Å². The molecule has 2 atom stereocenters. The molecule has 1 aromatic heterocycles. The number of nitrogens with zero attached hydrogens (tertiary/aromatic N) is 5. The maximum Gasteiger partial charge on any atom is 0.418 e. The number of aryl methyl sites for hydroxylation is 1. The first kappa shape index (κ1) is 29.2. The number of alkyl halides is 4. The lowest BCUT2D eigenvalue weighted by atomic mass is 9.97. The number of pyridine rings is 1. The average Bonchev–Trinajstić information content (AvgIpc) is 3.12. The number of nitrogens with one attached hydrogen (secondary N) is 1. The normalized spacial score (nSPS) is 20.7. The van der Waals surface area contributed by atoms with E-state index in [1.54, 1.807) is 6.20 Å². The Morgan fingerprint density at radius 1 is 1.29 bits per heavy atom. The molecule has 0 radical (unpaired) electrons. The predicted molar refractivity (Wildman–Crippen MR) is 150 cm³/mol. The summed E-state index contributed by atoms with van der Waals surface area (Å²) in [5.74, 6) is 0.728. The highest BCUT2D eigenvalue weighted by molar-refractivity contribution is 6.37. The molecule has 5 rings (SSSR count). The number of likely N-dealkylation sites (N-methyl/N-ethyl adjacent to an activating group) is 2. The molecule has 1 aromatic carbocycles. The largest absolute Gasteiger partial charge is 0.462 e. The van der Waals surface area contributed by atoms with E-state index in [1.807, 2.05) is 35.8 Å². The van der Waals surface area contributed by atoms with Crippen LogP contribution in [0.5, 0.6) is 5.75 Å². The Balaban J connectivity index is 1.62. The average molecular weight is 598 g/mol. The van der Waals surface area contributed by atoms with Gasteiger partial charge in [0.25, 0.3) is 0 Å². The molecule has 0 aliphatic carbocycles. The highest BCUT2D eigenvalue weighted by Crippen LogP contribution is 2.48. The molecule has 4 heterocycles. The van der Waals surface area contributed by atoms with Gasteiger partial charge in [0, 0.05) is 31.2 Å². The van der Waals surface area contributed by atoms with Gasteiger partial charge in [0.05, 0.1) is 33.7 Å². The molecule has 0 bridgehead atoms. The molecule has 9 nitrogen and oxygen atoms in total. The van der Waals surface area contributed by atoms with E-state index in [-0.39, 0.29) is 53.0 Å². The summed E-state index contributed by atoms with van der Waals surface area (Å²) in [5.41, 5.74) is 5.29. The lowest BCUT2D eigenvalue weighted by Gasteiger charge is -2.28. The van der Waals surface area contributed by atoms with Crippen molar-refractivity contribution in [2.45, 2.75) is 31.7 Å². The summed E-state index contributed by atoms with van der Waals surface area (Å²) in [6.45, 7) is 3.09. The number of hydrogen-bond acceptors (Lipinski definition) is 9. The standard InChI is InChI=1S/C27H32ClF4N7O2/c1-14-7-19(33)36-24(22(14)27(30,31)32)17-9-18-21-25(23(17)28)34-13-35-26(21)39(6-5-37(2)3)11-20(41-18)40-12-16-8-15(29)10-38(16)4/h7,9,11,15-16,34H,5-6,8,10,12-13H2,1-4H3,(H2,33,36)/t15-,16+/m1/s1. The Hall–Kier alpha value is -3.29. The number of ether oxygens (including phenoxy) is 2. The molecular formula is C27H32ClF4N7O2. The van der Waals surface area contributed by atoms with Gasteiger partial charge in [-0.1, -0.05) is 11.6 Å². The van der Waals surface area contributed by atoms with Gasteiger partial charge in [-0.05, 0) is 52.2 Å². The van der Waals surface area contributed by atoms with E-state index in [0.717, 1.165) is 0 Å². The van der Waals surface area contributed by atoms with E-state index in [1.165, 1.54) is 19.1 Å². The van der Waals surface area contributed by atoms with Gasteiger partial charge in [0.1, 0.15) is 36.9 Å². The van der Waals surface area contributed by atoms with Crippen molar-refractivity contribution in [1.29, 1.82) is 0 Å². The van der Waals surface area contributed by atoms with Gasteiger partial charge >= 0.3 is 12.1 Å². The topological polar surface area (TPSA) is 91.5 Å². The van der Waals surface area contributed by atoms with Crippen molar-refractivity contribution in [3.63, 3.8) is 0 Å². The van der Waals surface area contributed by atoms with Gasteiger partial charge in [-0.15, -0.1) is 0 Å². The summed E-state index contributed by atoms with van der Waals surface area (Å²) in [5, 5.41) is 3.12. The maximum atomic E-state index is 14.2. The van der Waals surface area contributed by atoms with Crippen molar-refractivity contribution < 1.29 is 27.0 Å². The van der Waals surface area contributed by atoms with Crippen molar-refractivity contribution >= 4 is 28.9 Å². The molecule has 222 valence electrons. The van der Waals surface area contributed by atoms with Gasteiger partial charge in [-0.2, -0.15) is 13.2 Å². The van der Waals surface area contributed by atoms with Crippen LogP contribution in [-0.2, 0) is 10.9 Å². The molecule has 3 N–H and O–H groups in total. The van der Waals surface area contributed by atoms with Crippen molar-refractivity contribution in [2.24, 2.45) is 4.99 Å². The monoisotopic (exact) mass is 597 g/mol. The number of amidine groups is 1. The van der Waals surface area contributed by atoms with Crippen LogP contribution < -0.4 is 15.8 Å². The number of anilines is 2. The second-order valence-electron chi connectivity index (χ2n) is 10.7. The summed E-state index contributed by atoms with van der Waals surface area (Å²) in [4.78, 5) is 14.5. The Bertz CT molecular complexity index is 1400. The first-order chi connectivity index (χ1) is 19.3. The molecule has 0 saturated carbocycles. The zero-order valence-electron chi connectivity index (χ0n) is 23.1. The van der Waals surface area contributed by atoms with Crippen molar-refractivity contribution in [2.75, 3.05) is 65.1 Å². The molecular weight excluding hydrogens is 566 g/mol. The third kappa shape index (κ3) is 5.88. The lowest BCUT2D eigenvalue weighted by Crippen LogP contribution is -2.35. The van der Waals surface area contributed by atoms with Crippen LogP contribution in [0, 0.1) is 6.92 Å². The summed E-state index contributed by atoms with van der Waals surface area (Å²) in [7, 11) is 5.70. The molecule has 2 aromatic rings. The molecule has 3 aliphatic rings. The second-order valence-corrected chi connectivity index (χ2v) is 11.1. The Morgan fingerprint density at radius 2 is 2.05 bits per heavy atom. The van der Waals surface area contributed by atoms with Crippen LogP contribution >= 0.6 is 11.6 Å². The molecule has 14 heteroatoms. The van der Waals surface area contributed by atoms with E-state index in [2.05, 4.69) is 15.3 Å². The van der Waals surface area contributed by atoms with Gasteiger partial charge in [0.2, 0.25) is 0 Å². The highest BCUT2D eigenvalue weighted by Gasteiger charge is 2.39. The number of nitrogen functional groups attached to an aromatic ring is 1. The number of halogens is 5. The molecule has 1 saturated heterocycles. The number of likely N-dealkylation sites (tertiary alicyclic amines) is 1. The number of benzene rings is 1. The first-order valence-electron chi connectivity index (χ1n) is 13.1. The zero-order valence-corrected chi connectivity index (χ0v) is 23.9. The third-order valence-electron chi connectivity index (χ3n) is 7.30. The Morgan fingerprint density at radius 3 is 2.71 bits per heavy atom. The van der Waals surface area contributed by atoms with Crippen LogP contribution in [-0.4, -0.2) is 91.8 Å². The minimum absolute atomic E-state index is 0.00576. The maximum absolute atomic E-state index is 14.2. The van der Waals surface area contributed by atoms with E-state index in [9.17, 15) is 17.6 Å². The first-order valence-corrected chi connectivity index (χ1v) is 13.5. The lowest BCUT2D eigenvalue weighted by molar-refractivity contribution is -0.137. The third-order valence-corrected chi connectivity index (χ3v) is 7.69. The fourth-order valence-corrected chi connectivity index (χ4v) is 5.59. The number of hydrogen-bond donors (Lipinski definition) is 2. The molecule has 0 spiro atoms. The Labute approximate surface area is 240 Å². The van der Waals surface area contributed by atoms with Crippen LogP contribution in [0.1, 0.15) is 23.1 Å². The quantitative estimate of drug-likeness (QED) is 0.449. The van der Waals surface area contributed by atoms with Gasteiger partial charge in [-0.3, -0.25) is 4.90 Å². The van der Waals surface area contributed by atoms with Crippen LogP contribution in [0.25, 0.3) is 11.3 Å². The fourth-order valence-electron chi connectivity index (χ4n) is 5.29. The van der Waals surface area contributed by atoms with Crippen LogP contribution in [0.4, 0.5) is 29.1 Å². The summed E-state index contributed by atoms with van der Waals surface area (Å²) in [6, 6.07) is 2.42. The van der Waals surface area contributed by atoms with Crippen LogP contribution in [0.3, 0.4) is 0 Å². The minimum Gasteiger partial charge on any atom is -0.462 e. The highest BCUT2D eigenvalue weighted by atomic mass is 35.5. The van der Waals surface area contributed by atoms with Crippen molar-refractivity contribution in [3.05, 3.63) is 46.0 Å². The zero-order chi connectivity index (χ0) is 29.6. The molecule has 0 unspecified atom stereocenters. The summed E-state index contributed by atoms with van der Waals surface area (Å²) >= 11 is 6.81. The molecule has 0 amide bonds. The van der Waals surface area contributed by atoms with Gasteiger partial charge in [-0.25, -0.2) is 14.4 Å². The van der Waals surface area contributed by atoms with Crippen LogP contribution in [0.2, 0.25) is 5.02 Å². The molecule has 41 heavy (non-hydrogen) atoms. The number of rotatable bonds is 7. The minimum atomic E-state index is -4.72. The molecule has 3 aliphatic heterocycles. The van der Waals surface area contributed by atoms with Crippen molar-refractivity contribution in [3.8, 4) is 17.0 Å². The van der Waals surface area contributed by atoms with E-state index in [4.69, 9.17) is 26.8 Å². The number of aliphatic imine (C=N–C) groups is 1. The predicted octanol–water partition coefficient (Wildman–Crippen LogP) is 4.55. The van der Waals surface area contributed by atoms with E-state index >= 15 is 0 Å². The number of aromatic nitrogens is 1. The van der Waals surface area contributed by atoms with E-state index in [0.29, 0.717) is 43.1 Å². The Kier molecular flexibility index (Phi) is 7.96. The van der Waals surface area contributed by atoms with Crippen LogP contribution in [0.15, 0.2) is 29.3 Å². The SMILES string of the molecule is Cc1cc(N)nc(-c2cc3c4c(c2Cl)NCN=C4N(CCN(C)C)C=C(OC[C@@H]2C[C@@H](F)CN2C)O3)c1C(F)(F)F.